The molecule has 0 N–H and O–H groups in total. The largest absolute Gasteiger partial charge is 0.457 e. The minimum absolute atomic E-state index is 0.0843. The Balaban J connectivity index is 2.26. The summed E-state index contributed by atoms with van der Waals surface area (Å²) in [5.41, 5.74) is 1.32. The predicted molar refractivity (Wildman–Crippen MR) is 89.4 cm³/mol. The zero-order chi connectivity index (χ0) is 14.9. The smallest absolute Gasteiger partial charge is 0.129 e. The van der Waals surface area contributed by atoms with Gasteiger partial charge in [-0.25, -0.2) is 0 Å². The van der Waals surface area contributed by atoms with Gasteiger partial charge in [-0.2, -0.15) is 0 Å². The number of halogens is 3. The molecule has 0 saturated carbocycles. The van der Waals surface area contributed by atoms with Crippen LogP contribution in [-0.4, -0.2) is 0 Å². The van der Waals surface area contributed by atoms with E-state index in [9.17, 15) is 0 Å². The molecule has 0 atom stereocenters. The van der Waals surface area contributed by atoms with Gasteiger partial charge in [0.05, 0.1) is 10.0 Å². The second kappa shape index (κ2) is 5.97. The van der Waals surface area contributed by atoms with Crippen LogP contribution in [0.15, 0.2) is 40.9 Å². The molecule has 0 fully saturated rings. The van der Waals surface area contributed by atoms with Gasteiger partial charge in [-0.15, -0.1) is 0 Å². The SMILES string of the molecule is CC(C)(C)c1ccc(Oc2ccc(Cl)c(Cl)c2)cc1Br. The maximum atomic E-state index is 5.98. The number of hydrogen-bond acceptors (Lipinski definition) is 1. The molecular formula is C16H15BrCl2O. The molecule has 0 aliphatic rings. The number of ether oxygens (including phenoxy) is 1. The van der Waals surface area contributed by atoms with Gasteiger partial charge in [-0.1, -0.05) is 66.0 Å². The highest BCUT2D eigenvalue weighted by molar-refractivity contribution is 9.10. The number of hydrogen-bond donors (Lipinski definition) is 0. The van der Waals surface area contributed by atoms with Gasteiger partial charge in [0.2, 0.25) is 0 Å². The Morgan fingerprint density at radius 1 is 0.900 bits per heavy atom. The Kier molecular flexibility index (Phi) is 4.68. The molecule has 20 heavy (non-hydrogen) atoms. The van der Waals surface area contributed by atoms with Crippen molar-refractivity contribution in [1.29, 1.82) is 0 Å². The maximum absolute atomic E-state index is 5.98. The van der Waals surface area contributed by atoms with Crippen LogP contribution >= 0.6 is 39.1 Å². The van der Waals surface area contributed by atoms with Crippen LogP contribution < -0.4 is 4.74 Å². The Hall–Kier alpha value is -0.700. The van der Waals surface area contributed by atoms with Crippen LogP contribution in [0.2, 0.25) is 10.0 Å². The molecular weight excluding hydrogens is 359 g/mol. The molecule has 106 valence electrons. The van der Waals surface area contributed by atoms with Gasteiger partial charge in [0, 0.05) is 10.5 Å². The third-order valence-electron chi connectivity index (χ3n) is 2.88. The summed E-state index contributed by atoms with van der Waals surface area (Å²) in [4.78, 5) is 0. The van der Waals surface area contributed by atoms with Crippen molar-refractivity contribution in [2.45, 2.75) is 26.2 Å². The zero-order valence-electron chi connectivity index (χ0n) is 11.5. The van der Waals surface area contributed by atoms with Gasteiger partial charge in [-0.3, -0.25) is 0 Å². The first-order valence-electron chi connectivity index (χ1n) is 6.20. The first kappa shape index (κ1) is 15.7. The molecule has 0 bridgehead atoms. The molecule has 1 nitrogen and oxygen atoms in total. The zero-order valence-corrected chi connectivity index (χ0v) is 14.6. The van der Waals surface area contributed by atoms with E-state index in [1.165, 1.54) is 5.56 Å². The van der Waals surface area contributed by atoms with Crippen molar-refractivity contribution in [3.8, 4) is 11.5 Å². The Labute approximate surface area is 138 Å². The highest BCUT2D eigenvalue weighted by Gasteiger charge is 2.17. The fourth-order valence-electron chi connectivity index (χ4n) is 1.84. The average molecular weight is 374 g/mol. The first-order valence-corrected chi connectivity index (χ1v) is 7.75. The second-order valence-electron chi connectivity index (χ2n) is 5.57. The molecule has 0 heterocycles. The lowest BCUT2D eigenvalue weighted by atomic mass is 9.87. The van der Waals surface area contributed by atoms with E-state index in [-0.39, 0.29) is 5.41 Å². The molecule has 0 aliphatic heterocycles. The van der Waals surface area contributed by atoms with Crippen LogP contribution in [0, 0.1) is 0 Å². The van der Waals surface area contributed by atoms with Crippen molar-refractivity contribution in [1.82, 2.24) is 0 Å². The van der Waals surface area contributed by atoms with Crippen molar-refractivity contribution < 1.29 is 4.74 Å². The van der Waals surface area contributed by atoms with Crippen molar-refractivity contribution in [2.24, 2.45) is 0 Å². The van der Waals surface area contributed by atoms with Crippen molar-refractivity contribution in [2.75, 3.05) is 0 Å². The molecule has 2 aromatic rings. The molecule has 0 radical (unpaired) electrons. The summed E-state index contributed by atoms with van der Waals surface area (Å²) < 4.78 is 6.82. The van der Waals surface area contributed by atoms with Gasteiger partial charge >= 0.3 is 0 Å². The van der Waals surface area contributed by atoms with Gasteiger partial charge in [0.25, 0.3) is 0 Å². The summed E-state index contributed by atoms with van der Waals surface area (Å²) in [6.07, 6.45) is 0. The lowest BCUT2D eigenvalue weighted by molar-refractivity contribution is 0.481. The monoisotopic (exact) mass is 372 g/mol. The minimum atomic E-state index is 0.0843. The van der Waals surface area contributed by atoms with E-state index in [0.717, 1.165) is 10.2 Å². The fourth-order valence-corrected chi connectivity index (χ4v) is 3.08. The van der Waals surface area contributed by atoms with E-state index in [2.05, 4.69) is 42.8 Å². The third-order valence-corrected chi connectivity index (χ3v) is 4.27. The standard InChI is InChI=1S/C16H15BrCl2O/c1-16(2,3)12-6-4-10(8-13(12)17)20-11-5-7-14(18)15(19)9-11/h4-9H,1-3H3. The van der Waals surface area contributed by atoms with Crippen molar-refractivity contribution in [3.05, 3.63) is 56.5 Å². The second-order valence-corrected chi connectivity index (χ2v) is 7.24. The summed E-state index contributed by atoms with van der Waals surface area (Å²) in [5, 5.41) is 0.998. The van der Waals surface area contributed by atoms with Crippen LogP contribution in [0.5, 0.6) is 11.5 Å². The van der Waals surface area contributed by atoms with E-state index in [1.54, 1.807) is 18.2 Å². The van der Waals surface area contributed by atoms with E-state index in [1.807, 2.05) is 12.1 Å². The molecule has 0 aromatic heterocycles. The summed E-state index contributed by atoms with van der Waals surface area (Å²) in [5.74, 6) is 1.41. The molecule has 2 rings (SSSR count). The molecule has 0 saturated heterocycles. The average Bonchev–Trinajstić information content (AvgIpc) is 2.32. The lowest BCUT2D eigenvalue weighted by Crippen LogP contribution is -2.11. The topological polar surface area (TPSA) is 9.23 Å². The minimum Gasteiger partial charge on any atom is -0.457 e. The van der Waals surface area contributed by atoms with Crippen LogP contribution in [0.3, 0.4) is 0 Å². The van der Waals surface area contributed by atoms with Crippen LogP contribution in [0.4, 0.5) is 0 Å². The third kappa shape index (κ3) is 3.69. The van der Waals surface area contributed by atoms with E-state index in [4.69, 9.17) is 27.9 Å². The number of rotatable bonds is 2. The van der Waals surface area contributed by atoms with E-state index in [0.29, 0.717) is 15.8 Å². The van der Waals surface area contributed by atoms with Crippen molar-refractivity contribution in [3.63, 3.8) is 0 Å². The van der Waals surface area contributed by atoms with Gasteiger partial charge in [0.15, 0.2) is 0 Å². The summed E-state index contributed by atoms with van der Waals surface area (Å²) in [6.45, 7) is 6.52. The fraction of sp³-hybridized carbons (Fsp3) is 0.250. The van der Waals surface area contributed by atoms with Crippen LogP contribution in [0.25, 0.3) is 0 Å². The summed E-state index contributed by atoms with van der Waals surface area (Å²) in [6, 6.07) is 11.2. The van der Waals surface area contributed by atoms with Crippen LogP contribution in [0.1, 0.15) is 26.3 Å². The van der Waals surface area contributed by atoms with Crippen molar-refractivity contribution >= 4 is 39.1 Å². The molecule has 0 unspecified atom stereocenters. The number of benzene rings is 2. The van der Waals surface area contributed by atoms with Crippen LogP contribution in [-0.2, 0) is 5.41 Å². The van der Waals surface area contributed by atoms with Gasteiger partial charge < -0.3 is 4.74 Å². The van der Waals surface area contributed by atoms with Gasteiger partial charge in [-0.05, 0) is 35.2 Å². The predicted octanol–water partition coefficient (Wildman–Crippen LogP) is 6.85. The maximum Gasteiger partial charge on any atom is 0.129 e. The Morgan fingerprint density at radius 2 is 1.50 bits per heavy atom. The van der Waals surface area contributed by atoms with E-state index >= 15 is 0 Å². The molecule has 0 amide bonds. The quantitative estimate of drug-likeness (QED) is 0.559. The molecule has 2 aromatic carbocycles. The molecule has 0 spiro atoms. The highest BCUT2D eigenvalue weighted by Crippen LogP contribution is 2.35. The van der Waals surface area contributed by atoms with Gasteiger partial charge in [0.1, 0.15) is 11.5 Å². The lowest BCUT2D eigenvalue weighted by Gasteiger charge is -2.21. The van der Waals surface area contributed by atoms with E-state index < -0.39 is 0 Å². The molecule has 0 aliphatic carbocycles. The summed E-state index contributed by atoms with van der Waals surface area (Å²) in [7, 11) is 0. The summed E-state index contributed by atoms with van der Waals surface area (Å²) >= 11 is 15.5. The molecule has 4 heteroatoms. The first-order chi connectivity index (χ1) is 9.27. The normalized spacial score (nSPS) is 11.5. The highest BCUT2D eigenvalue weighted by atomic mass is 79.9. The Morgan fingerprint density at radius 3 is 2.05 bits per heavy atom. The Bertz CT molecular complexity index is 633.